The summed E-state index contributed by atoms with van der Waals surface area (Å²) in [7, 11) is 3.15. The Balaban J connectivity index is 1.88. The Morgan fingerprint density at radius 2 is 1.82 bits per heavy atom. The van der Waals surface area contributed by atoms with Crippen LogP contribution in [0.1, 0.15) is 50.8 Å². The van der Waals surface area contributed by atoms with Gasteiger partial charge in [-0.25, -0.2) is 9.79 Å². The second kappa shape index (κ2) is 12.2. The van der Waals surface area contributed by atoms with E-state index >= 15 is 0 Å². The van der Waals surface area contributed by atoms with Crippen molar-refractivity contribution < 1.29 is 23.8 Å². The van der Waals surface area contributed by atoms with Crippen LogP contribution >= 0.6 is 11.8 Å². The van der Waals surface area contributed by atoms with Crippen molar-refractivity contribution in [3.8, 4) is 11.5 Å². The predicted molar refractivity (Wildman–Crippen MR) is 150 cm³/mol. The fourth-order valence-electron chi connectivity index (χ4n) is 4.42. The molecule has 1 N–H and O–H groups in total. The monoisotopic (exact) mass is 535 g/mol. The number of thioether (sulfide) groups is 1. The number of hydrogen-bond acceptors (Lipinski definition) is 8. The average Bonchev–Trinajstić information content (AvgIpc) is 3.33. The van der Waals surface area contributed by atoms with Gasteiger partial charge in [0, 0.05) is 17.3 Å². The molecule has 0 unspecified atom stereocenters. The number of nitrogens with zero attached hydrogens (tertiary/aromatic N) is 2. The van der Waals surface area contributed by atoms with E-state index in [4.69, 9.17) is 19.2 Å². The second-order valence-electron chi connectivity index (χ2n) is 8.91. The fourth-order valence-corrected chi connectivity index (χ4v) is 5.34. The second-order valence-corrected chi connectivity index (χ2v) is 9.75. The summed E-state index contributed by atoms with van der Waals surface area (Å²) in [6.45, 7) is 6.00. The summed E-state index contributed by atoms with van der Waals surface area (Å²) in [5.41, 5.74) is 3.27. The molecule has 0 bridgehead atoms. The van der Waals surface area contributed by atoms with E-state index < -0.39 is 12.0 Å². The van der Waals surface area contributed by atoms with Gasteiger partial charge in [-0.05, 0) is 43.4 Å². The zero-order valence-electron chi connectivity index (χ0n) is 22.3. The van der Waals surface area contributed by atoms with Crippen LogP contribution in [0.4, 0.5) is 0 Å². The van der Waals surface area contributed by atoms with Crippen molar-refractivity contribution >= 4 is 34.5 Å². The summed E-state index contributed by atoms with van der Waals surface area (Å²) in [4.78, 5) is 33.4. The highest BCUT2D eigenvalue weighted by molar-refractivity contribution is 8.16. The molecule has 0 aromatic heterocycles. The van der Waals surface area contributed by atoms with E-state index in [1.807, 2.05) is 72.7 Å². The first-order valence-electron chi connectivity index (χ1n) is 12.6. The van der Waals surface area contributed by atoms with E-state index in [1.54, 1.807) is 21.1 Å². The van der Waals surface area contributed by atoms with Crippen LogP contribution in [-0.4, -0.2) is 48.8 Å². The number of benzene rings is 2. The molecule has 0 spiro atoms. The summed E-state index contributed by atoms with van der Waals surface area (Å²) < 4.78 is 16.6. The molecule has 9 heteroatoms. The smallest absolute Gasteiger partial charge is 0.338 e. The van der Waals surface area contributed by atoms with Crippen LogP contribution in [0.2, 0.25) is 0 Å². The molecule has 0 fully saturated rings. The molecule has 0 saturated carbocycles. The lowest BCUT2D eigenvalue weighted by Gasteiger charge is -2.37. The van der Waals surface area contributed by atoms with E-state index in [1.165, 1.54) is 11.8 Å². The van der Waals surface area contributed by atoms with Gasteiger partial charge in [-0.1, -0.05) is 55.1 Å². The molecule has 1 amide bonds. The van der Waals surface area contributed by atoms with Crippen LogP contribution in [-0.2, 0) is 14.3 Å². The third kappa shape index (κ3) is 5.57. The lowest BCUT2D eigenvalue weighted by Crippen LogP contribution is -2.39. The largest absolute Gasteiger partial charge is 0.493 e. The first kappa shape index (κ1) is 27.3. The predicted octanol–water partition coefficient (Wildman–Crippen LogP) is 5.28. The number of methoxy groups -OCH3 is 2. The molecule has 38 heavy (non-hydrogen) atoms. The average molecular weight is 536 g/mol. The summed E-state index contributed by atoms with van der Waals surface area (Å²) in [5.74, 6) is 0.555. The highest BCUT2D eigenvalue weighted by Gasteiger charge is 2.42. The van der Waals surface area contributed by atoms with E-state index in [2.05, 4.69) is 5.32 Å². The van der Waals surface area contributed by atoms with E-state index in [0.29, 0.717) is 27.9 Å². The third-order valence-corrected chi connectivity index (χ3v) is 7.33. The normalized spacial score (nSPS) is 17.3. The Hall–Kier alpha value is -3.72. The van der Waals surface area contributed by atoms with Gasteiger partial charge in [-0.3, -0.25) is 4.79 Å². The van der Waals surface area contributed by atoms with Crippen LogP contribution in [0.15, 0.2) is 70.2 Å². The summed E-state index contributed by atoms with van der Waals surface area (Å²) >= 11 is 1.43. The molecule has 2 heterocycles. The number of rotatable bonds is 10. The number of carbonyl (C=O) groups excluding carboxylic acids is 2. The molecular formula is C29H33N3O5S. The van der Waals surface area contributed by atoms with Crippen molar-refractivity contribution in [1.82, 2.24) is 10.2 Å². The lowest BCUT2D eigenvalue weighted by molar-refractivity contribution is -0.139. The van der Waals surface area contributed by atoms with E-state index in [9.17, 15) is 9.59 Å². The number of ether oxygens (including phenoxy) is 3. The lowest BCUT2D eigenvalue weighted by atomic mass is 9.91. The molecular weight excluding hydrogens is 502 g/mol. The molecule has 4 rings (SSSR count). The SMILES string of the molecule is CCOC(=O)C1=C(c2ccccc2)N=C2SC=C(CC(=O)N[C@H](C)CC)N2[C@H]1c1ccc(OC)c(OC)c1. The maximum Gasteiger partial charge on any atom is 0.338 e. The fraction of sp³-hybridized carbons (Fsp3) is 0.345. The topological polar surface area (TPSA) is 89.5 Å². The van der Waals surface area contributed by atoms with Crippen molar-refractivity contribution in [3.63, 3.8) is 0 Å². The number of esters is 1. The number of nitrogens with one attached hydrogen (secondary N) is 1. The number of amides is 1. The molecule has 2 atom stereocenters. The first-order valence-corrected chi connectivity index (χ1v) is 13.5. The molecule has 2 aromatic rings. The van der Waals surface area contributed by atoms with Crippen molar-refractivity contribution in [2.45, 2.75) is 45.7 Å². The van der Waals surface area contributed by atoms with Gasteiger partial charge in [0.25, 0.3) is 0 Å². The van der Waals surface area contributed by atoms with E-state index in [-0.39, 0.29) is 25.0 Å². The van der Waals surface area contributed by atoms with Gasteiger partial charge in [-0.15, -0.1) is 0 Å². The highest BCUT2D eigenvalue weighted by atomic mass is 32.2. The number of aliphatic imine (C=N–C) groups is 1. The van der Waals surface area contributed by atoms with Crippen LogP contribution in [0, 0.1) is 0 Å². The number of amidine groups is 1. The molecule has 2 aliphatic heterocycles. The molecule has 0 radical (unpaired) electrons. The standard InChI is InChI=1S/C29H33N3O5S/c1-6-18(3)30-24(33)16-21-17-38-29-31-26(19-11-9-8-10-12-19)25(28(34)37-7-2)27(32(21)29)20-13-14-22(35-4)23(15-20)36-5/h8-15,17-18,27H,6-7,16H2,1-5H3,(H,30,33)/t18-,27+/m1/s1. The summed E-state index contributed by atoms with van der Waals surface area (Å²) in [6.07, 6.45) is 0.983. The molecule has 8 nitrogen and oxygen atoms in total. The number of fused-ring (bicyclic) bond motifs is 1. The Morgan fingerprint density at radius 1 is 1.08 bits per heavy atom. The maximum atomic E-state index is 13.6. The van der Waals surface area contributed by atoms with Crippen LogP contribution in [0.3, 0.4) is 0 Å². The van der Waals surface area contributed by atoms with Crippen LogP contribution in [0.5, 0.6) is 11.5 Å². The minimum absolute atomic E-state index is 0.0629. The van der Waals surface area contributed by atoms with Crippen molar-refractivity contribution in [2.24, 2.45) is 4.99 Å². The van der Waals surface area contributed by atoms with Crippen molar-refractivity contribution in [2.75, 3.05) is 20.8 Å². The summed E-state index contributed by atoms with van der Waals surface area (Å²) in [6, 6.07) is 14.6. The van der Waals surface area contributed by atoms with Crippen LogP contribution < -0.4 is 14.8 Å². The molecule has 0 aliphatic carbocycles. The number of carbonyl (C=O) groups is 2. The Labute approximate surface area is 227 Å². The van der Waals surface area contributed by atoms with Gasteiger partial charge < -0.3 is 24.4 Å². The zero-order chi connectivity index (χ0) is 27.2. The van der Waals surface area contributed by atoms with Crippen molar-refractivity contribution in [1.29, 1.82) is 0 Å². The van der Waals surface area contributed by atoms with E-state index in [0.717, 1.165) is 23.2 Å². The van der Waals surface area contributed by atoms with Gasteiger partial charge in [0.15, 0.2) is 16.7 Å². The van der Waals surface area contributed by atoms with Gasteiger partial charge in [0.1, 0.15) is 0 Å². The minimum atomic E-state index is -0.603. The Morgan fingerprint density at radius 3 is 2.47 bits per heavy atom. The van der Waals surface area contributed by atoms with Crippen LogP contribution in [0.25, 0.3) is 5.70 Å². The third-order valence-electron chi connectivity index (χ3n) is 6.44. The zero-order valence-corrected chi connectivity index (χ0v) is 23.1. The van der Waals surface area contributed by atoms with Gasteiger partial charge >= 0.3 is 5.97 Å². The Bertz CT molecular complexity index is 1290. The summed E-state index contributed by atoms with van der Waals surface area (Å²) in [5, 5.41) is 5.65. The Kier molecular flexibility index (Phi) is 8.78. The molecule has 200 valence electrons. The van der Waals surface area contributed by atoms with Gasteiger partial charge in [-0.2, -0.15) is 0 Å². The van der Waals surface area contributed by atoms with Gasteiger partial charge in [0.2, 0.25) is 5.91 Å². The molecule has 2 aliphatic rings. The van der Waals surface area contributed by atoms with Crippen molar-refractivity contribution in [3.05, 3.63) is 76.3 Å². The quantitative estimate of drug-likeness (QED) is 0.414. The van der Waals surface area contributed by atoms with Gasteiger partial charge in [0.05, 0.1) is 44.6 Å². The first-order chi connectivity index (χ1) is 18.4. The number of hydrogen-bond donors (Lipinski definition) is 1. The molecule has 0 saturated heterocycles. The highest BCUT2D eigenvalue weighted by Crippen LogP contribution is 2.48. The maximum absolute atomic E-state index is 13.6. The molecule has 2 aromatic carbocycles. The minimum Gasteiger partial charge on any atom is -0.493 e.